The summed E-state index contributed by atoms with van der Waals surface area (Å²) in [6.45, 7) is 0. The number of rotatable bonds is 2. The van der Waals surface area contributed by atoms with Gasteiger partial charge in [-0.3, -0.25) is 0 Å². The van der Waals surface area contributed by atoms with Crippen molar-refractivity contribution in [3.8, 4) is 5.75 Å². The number of aromatic nitrogens is 1. The largest absolute Gasteiger partial charge is 0.573 e. The maximum atomic E-state index is 12.8. The highest BCUT2D eigenvalue weighted by atomic mass is 127. The molecule has 0 saturated heterocycles. The standard InChI is InChI=1S/C7H2F6INO/c8-5(9)3-2(16-7(11,12)13)1-15-6(10)4(3)14/h1,5H. The molecule has 0 aromatic carbocycles. The molecule has 0 aliphatic rings. The van der Waals surface area contributed by atoms with Crippen LogP contribution in [-0.2, 0) is 0 Å². The zero-order valence-electron chi connectivity index (χ0n) is 7.16. The molecule has 90 valence electrons. The second kappa shape index (κ2) is 4.63. The molecular formula is C7H2F6INO. The van der Waals surface area contributed by atoms with Crippen LogP contribution in [0.1, 0.15) is 12.0 Å². The van der Waals surface area contributed by atoms with Gasteiger partial charge in [0.15, 0.2) is 5.75 Å². The molecule has 0 amide bonds. The monoisotopic (exact) mass is 357 g/mol. The fourth-order valence-corrected chi connectivity index (χ4v) is 1.51. The van der Waals surface area contributed by atoms with E-state index in [1.165, 1.54) is 0 Å². The number of halogens is 7. The van der Waals surface area contributed by atoms with Crippen molar-refractivity contribution in [2.75, 3.05) is 0 Å². The van der Waals surface area contributed by atoms with Crippen LogP contribution in [-0.4, -0.2) is 11.3 Å². The second-order valence-corrected chi connectivity index (χ2v) is 3.57. The number of hydrogen-bond acceptors (Lipinski definition) is 2. The normalized spacial score (nSPS) is 12.0. The fourth-order valence-electron chi connectivity index (χ4n) is 0.870. The first kappa shape index (κ1) is 13.3. The molecule has 0 bridgehead atoms. The van der Waals surface area contributed by atoms with Gasteiger partial charge in [-0.05, 0) is 22.6 Å². The summed E-state index contributed by atoms with van der Waals surface area (Å²) in [7, 11) is 0. The van der Waals surface area contributed by atoms with Crippen LogP contribution in [0.4, 0.5) is 26.3 Å². The van der Waals surface area contributed by atoms with Gasteiger partial charge in [-0.25, -0.2) is 13.8 Å². The summed E-state index contributed by atoms with van der Waals surface area (Å²) >= 11 is 1.13. The van der Waals surface area contributed by atoms with Gasteiger partial charge in [0.2, 0.25) is 5.95 Å². The van der Waals surface area contributed by atoms with E-state index in [-0.39, 0.29) is 6.20 Å². The summed E-state index contributed by atoms with van der Waals surface area (Å²) in [5.74, 6) is -2.47. The van der Waals surface area contributed by atoms with E-state index in [4.69, 9.17) is 0 Å². The number of alkyl halides is 5. The van der Waals surface area contributed by atoms with E-state index in [2.05, 4.69) is 9.72 Å². The average Bonchev–Trinajstić information content (AvgIpc) is 2.08. The minimum Gasteiger partial charge on any atom is -0.404 e. The Hall–Kier alpha value is -0.740. The lowest BCUT2D eigenvalue weighted by atomic mass is 10.2. The van der Waals surface area contributed by atoms with E-state index < -0.39 is 33.6 Å². The van der Waals surface area contributed by atoms with Gasteiger partial charge in [0.05, 0.1) is 15.3 Å². The summed E-state index contributed by atoms with van der Waals surface area (Å²) < 4.78 is 75.7. The number of nitrogens with zero attached hydrogens (tertiary/aromatic N) is 1. The van der Waals surface area contributed by atoms with Gasteiger partial charge < -0.3 is 4.74 Å². The molecular weight excluding hydrogens is 355 g/mol. The molecule has 0 saturated carbocycles. The Balaban J connectivity index is 3.24. The Morgan fingerprint density at radius 3 is 2.31 bits per heavy atom. The lowest BCUT2D eigenvalue weighted by molar-refractivity contribution is -0.275. The predicted molar refractivity (Wildman–Crippen MR) is 48.6 cm³/mol. The molecule has 1 heterocycles. The molecule has 0 spiro atoms. The van der Waals surface area contributed by atoms with Crippen molar-refractivity contribution < 1.29 is 31.1 Å². The predicted octanol–water partition coefficient (Wildman–Crippen LogP) is 3.66. The first-order valence-corrected chi connectivity index (χ1v) is 4.68. The molecule has 0 atom stereocenters. The Labute approximate surface area is 98.7 Å². The van der Waals surface area contributed by atoms with Gasteiger partial charge in [0.25, 0.3) is 6.43 Å². The maximum absolute atomic E-state index is 12.8. The van der Waals surface area contributed by atoms with Crippen molar-refractivity contribution >= 4 is 22.6 Å². The lowest BCUT2D eigenvalue weighted by Gasteiger charge is -2.13. The topological polar surface area (TPSA) is 22.1 Å². The summed E-state index contributed by atoms with van der Waals surface area (Å²) in [5, 5.41) is 0. The van der Waals surface area contributed by atoms with Gasteiger partial charge in [0, 0.05) is 0 Å². The third-order valence-corrected chi connectivity index (χ3v) is 2.45. The quantitative estimate of drug-likeness (QED) is 0.458. The molecule has 1 aromatic rings. The van der Waals surface area contributed by atoms with Crippen LogP contribution < -0.4 is 4.74 Å². The minimum absolute atomic E-state index is 0.270. The van der Waals surface area contributed by atoms with Crippen molar-refractivity contribution in [1.29, 1.82) is 0 Å². The van der Waals surface area contributed by atoms with Crippen LogP contribution in [0.15, 0.2) is 6.20 Å². The molecule has 0 radical (unpaired) electrons. The van der Waals surface area contributed by atoms with E-state index in [1.54, 1.807) is 0 Å². The zero-order valence-corrected chi connectivity index (χ0v) is 9.31. The van der Waals surface area contributed by atoms with Gasteiger partial charge in [-0.1, -0.05) is 0 Å². The Kier molecular flexibility index (Phi) is 3.86. The number of hydrogen-bond donors (Lipinski definition) is 0. The molecule has 0 N–H and O–H groups in total. The first-order valence-electron chi connectivity index (χ1n) is 3.60. The summed E-state index contributed by atoms with van der Waals surface area (Å²) in [4.78, 5) is 2.87. The molecule has 1 aromatic heterocycles. The van der Waals surface area contributed by atoms with Gasteiger partial charge in [-0.15, -0.1) is 13.2 Å². The third-order valence-electron chi connectivity index (χ3n) is 1.42. The zero-order chi connectivity index (χ0) is 12.5. The molecule has 0 aliphatic heterocycles. The van der Waals surface area contributed by atoms with Crippen LogP contribution in [0.5, 0.6) is 5.75 Å². The van der Waals surface area contributed by atoms with Crippen LogP contribution in [0.3, 0.4) is 0 Å². The van der Waals surface area contributed by atoms with Crippen LogP contribution >= 0.6 is 22.6 Å². The second-order valence-electron chi connectivity index (χ2n) is 2.49. The van der Waals surface area contributed by atoms with E-state index in [0.29, 0.717) is 0 Å². The van der Waals surface area contributed by atoms with E-state index >= 15 is 0 Å². The highest BCUT2D eigenvalue weighted by Crippen LogP contribution is 2.36. The molecule has 9 heteroatoms. The van der Waals surface area contributed by atoms with E-state index in [9.17, 15) is 26.3 Å². The highest BCUT2D eigenvalue weighted by Gasteiger charge is 2.34. The molecule has 1 rings (SSSR count). The summed E-state index contributed by atoms with van der Waals surface area (Å²) in [6.07, 6.45) is -8.15. The lowest BCUT2D eigenvalue weighted by Crippen LogP contribution is -2.19. The van der Waals surface area contributed by atoms with Crippen LogP contribution in [0.25, 0.3) is 0 Å². The Morgan fingerprint density at radius 2 is 1.88 bits per heavy atom. The third kappa shape index (κ3) is 3.12. The van der Waals surface area contributed by atoms with E-state index in [1.807, 2.05) is 0 Å². The van der Waals surface area contributed by atoms with Crippen molar-refractivity contribution in [3.05, 3.63) is 21.3 Å². The first-order chi connectivity index (χ1) is 7.22. The van der Waals surface area contributed by atoms with Crippen LogP contribution in [0.2, 0.25) is 0 Å². The van der Waals surface area contributed by atoms with Gasteiger partial charge >= 0.3 is 6.36 Å². The average molecular weight is 357 g/mol. The molecule has 2 nitrogen and oxygen atoms in total. The summed E-state index contributed by atoms with van der Waals surface area (Å²) in [6, 6.07) is 0. The molecule has 16 heavy (non-hydrogen) atoms. The summed E-state index contributed by atoms with van der Waals surface area (Å²) in [5.41, 5.74) is -1.16. The number of ether oxygens (including phenoxy) is 1. The van der Waals surface area contributed by atoms with Crippen LogP contribution in [0, 0.1) is 9.52 Å². The molecule has 0 aliphatic carbocycles. The highest BCUT2D eigenvalue weighted by molar-refractivity contribution is 14.1. The van der Waals surface area contributed by atoms with Crippen molar-refractivity contribution in [2.45, 2.75) is 12.8 Å². The fraction of sp³-hybridized carbons (Fsp3) is 0.286. The van der Waals surface area contributed by atoms with Crippen molar-refractivity contribution in [3.63, 3.8) is 0 Å². The Bertz CT molecular complexity index is 393. The van der Waals surface area contributed by atoms with Gasteiger partial charge in [-0.2, -0.15) is 4.39 Å². The number of pyridine rings is 1. The SMILES string of the molecule is Fc1ncc(OC(F)(F)F)c(C(F)F)c1I. The van der Waals surface area contributed by atoms with Gasteiger partial charge in [0.1, 0.15) is 0 Å². The molecule has 0 unspecified atom stereocenters. The Morgan fingerprint density at radius 1 is 1.31 bits per heavy atom. The van der Waals surface area contributed by atoms with E-state index in [0.717, 1.165) is 22.6 Å². The molecule has 0 fully saturated rings. The van der Waals surface area contributed by atoms with Crippen molar-refractivity contribution in [1.82, 2.24) is 4.98 Å². The maximum Gasteiger partial charge on any atom is 0.573 e. The smallest absolute Gasteiger partial charge is 0.404 e. The van der Waals surface area contributed by atoms with Crippen molar-refractivity contribution in [2.24, 2.45) is 0 Å². The minimum atomic E-state index is -5.13.